The van der Waals surface area contributed by atoms with Gasteiger partial charge in [0.25, 0.3) is 0 Å². The molecule has 1 amide bonds. The number of benzene rings is 2. The summed E-state index contributed by atoms with van der Waals surface area (Å²) in [5.74, 6) is 0.968. The number of piperazine rings is 1. The van der Waals surface area contributed by atoms with Crippen molar-refractivity contribution in [1.82, 2.24) is 19.4 Å². The highest BCUT2D eigenvalue weighted by Gasteiger charge is 2.34. The van der Waals surface area contributed by atoms with E-state index in [4.69, 9.17) is 4.98 Å². The van der Waals surface area contributed by atoms with Crippen molar-refractivity contribution in [2.75, 3.05) is 43.4 Å². The maximum Gasteiger partial charge on any atom is 0.233 e. The van der Waals surface area contributed by atoms with Gasteiger partial charge in [-0.05, 0) is 37.6 Å². The lowest BCUT2D eigenvalue weighted by atomic mass is 10.2. The number of aromatic nitrogens is 2. The second-order valence-electron chi connectivity index (χ2n) is 8.82. The van der Waals surface area contributed by atoms with Crippen LogP contribution in [-0.4, -0.2) is 83.2 Å². The average molecular weight is 485 g/mol. The maximum atomic E-state index is 13.0. The van der Waals surface area contributed by atoms with Crippen LogP contribution in [0.25, 0.3) is 16.7 Å². The minimum absolute atomic E-state index is 0.0983. The molecule has 3 heterocycles. The summed E-state index contributed by atoms with van der Waals surface area (Å²) >= 11 is 1.47. The highest BCUT2D eigenvalue weighted by Crippen LogP contribution is 2.28. The zero-order valence-corrected chi connectivity index (χ0v) is 20.3. The van der Waals surface area contributed by atoms with Crippen molar-refractivity contribution in [2.45, 2.75) is 24.5 Å². The van der Waals surface area contributed by atoms with Crippen molar-refractivity contribution in [2.24, 2.45) is 0 Å². The number of aryl methyl sites for hydroxylation is 1. The fraction of sp³-hybridized carbons (Fsp3) is 0.417. The van der Waals surface area contributed by atoms with Gasteiger partial charge in [0.05, 0.1) is 28.3 Å². The predicted octanol–water partition coefficient (Wildman–Crippen LogP) is 2.76. The van der Waals surface area contributed by atoms with E-state index in [1.807, 2.05) is 23.1 Å². The van der Waals surface area contributed by atoms with Crippen LogP contribution >= 0.6 is 11.8 Å². The summed E-state index contributed by atoms with van der Waals surface area (Å²) in [6.07, 6.45) is 0.710. The molecule has 2 saturated heterocycles. The number of carbonyl (C=O) groups is 1. The molecule has 1 unspecified atom stereocenters. The van der Waals surface area contributed by atoms with Gasteiger partial charge in [0.15, 0.2) is 15.0 Å². The SMILES string of the molecule is Cc1ccc(-n2c(SCC(=O)N3CCN(C4CCS(=O)(=O)C4)CC3)nc3ccccc32)cc1. The summed E-state index contributed by atoms with van der Waals surface area (Å²) in [6, 6.07) is 16.5. The third kappa shape index (κ3) is 4.81. The lowest BCUT2D eigenvalue weighted by molar-refractivity contribution is -0.130. The molecule has 7 nitrogen and oxygen atoms in total. The van der Waals surface area contributed by atoms with Gasteiger partial charge in [0.1, 0.15) is 0 Å². The molecule has 174 valence electrons. The van der Waals surface area contributed by atoms with Crippen LogP contribution in [-0.2, 0) is 14.6 Å². The lowest BCUT2D eigenvalue weighted by Crippen LogP contribution is -2.52. The summed E-state index contributed by atoms with van der Waals surface area (Å²) in [6.45, 7) is 4.82. The van der Waals surface area contributed by atoms with Crippen molar-refractivity contribution in [3.8, 4) is 5.69 Å². The van der Waals surface area contributed by atoms with E-state index >= 15 is 0 Å². The zero-order chi connectivity index (χ0) is 23.0. The molecule has 1 aromatic heterocycles. The Kier molecular flexibility index (Phi) is 6.20. The summed E-state index contributed by atoms with van der Waals surface area (Å²) in [5, 5.41) is 0.809. The quantitative estimate of drug-likeness (QED) is 0.519. The fourth-order valence-electron chi connectivity index (χ4n) is 4.66. The third-order valence-electron chi connectivity index (χ3n) is 6.54. The van der Waals surface area contributed by atoms with Crippen molar-refractivity contribution in [3.05, 3.63) is 54.1 Å². The molecule has 0 aliphatic carbocycles. The van der Waals surface area contributed by atoms with Gasteiger partial charge < -0.3 is 4.90 Å². The van der Waals surface area contributed by atoms with E-state index < -0.39 is 9.84 Å². The number of para-hydroxylation sites is 2. The highest BCUT2D eigenvalue weighted by molar-refractivity contribution is 7.99. The van der Waals surface area contributed by atoms with E-state index in [2.05, 4.69) is 46.7 Å². The molecule has 0 N–H and O–H groups in total. The predicted molar refractivity (Wildman–Crippen MR) is 132 cm³/mol. The first-order valence-corrected chi connectivity index (χ1v) is 14.1. The molecule has 0 saturated carbocycles. The van der Waals surface area contributed by atoms with Crippen LogP contribution in [0.15, 0.2) is 53.7 Å². The second kappa shape index (κ2) is 9.12. The molecule has 2 aliphatic heterocycles. The van der Waals surface area contributed by atoms with Crippen LogP contribution in [0.4, 0.5) is 0 Å². The molecule has 33 heavy (non-hydrogen) atoms. The Morgan fingerprint density at radius 2 is 1.79 bits per heavy atom. The summed E-state index contributed by atoms with van der Waals surface area (Å²) in [5.41, 5.74) is 4.16. The number of hydrogen-bond acceptors (Lipinski definition) is 6. The Balaban J connectivity index is 1.25. The van der Waals surface area contributed by atoms with Gasteiger partial charge in [-0.25, -0.2) is 13.4 Å². The van der Waals surface area contributed by atoms with Crippen molar-refractivity contribution in [3.63, 3.8) is 0 Å². The van der Waals surface area contributed by atoms with E-state index in [0.29, 0.717) is 25.3 Å². The average Bonchev–Trinajstić information content (AvgIpc) is 3.37. The molecular weight excluding hydrogens is 456 g/mol. The van der Waals surface area contributed by atoms with Crippen LogP contribution < -0.4 is 0 Å². The Morgan fingerprint density at radius 3 is 2.48 bits per heavy atom. The number of hydrogen-bond donors (Lipinski definition) is 0. The summed E-state index contributed by atoms with van der Waals surface area (Å²) in [4.78, 5) is 21.9. The van der Waals surface area contributed by atoms with Crippen LogP contribution in [0.2, 0.25) is 0 Å². The molecular formula is C24H28N4O3S2. The van der Waals surface area contributed by atoms with Crippen molar-refractivity contribution < 1.29 is 13.2 Å². The maximum absolute atomic E-state index is 13.0. The van der Waals surface area contributed by atoms with Crippen molar-refractivity contribution in [1.29, 1.82) is 0 Å². The van der Waals surface area contributed by atoms with E-state index in [0.717, 1.165) is 35.0 Å². The first kappa shape index (κ1) is 22.4. The zero-order valence-electron chi connectivity index (χ0n) is 18.7. The minimum atomic E-state index is -2.89. The third-order valence-corrected chi connectivity index (χ3v) is 9.21. The molecule has 1 atom stereocenters. The minimum Gasteiger partial charge on any atom is -0.339 e. The number of rotatable bonds is 5. The van der Waals surface area contributed by atoms with E-state index in [-0.39, 0.29) is 23.5 Å². The van der Waals surface area contributed by atoms with Crippen LogP contribution in [0.5, 0.6) is 0 Å². The first-order chi connectivity index (χ1) is 15.9. The van der Waals surface area contributed by atoms with Gasteiger partial charge in [-0.1, -0.05) is 41.6 Å². The van der Waals surface area contributed by atoms with E-state index in [9.17, 15) is 13.2 Å². The number of sulfone groups is 1. The molecule has 3 aromatic rings. The monoisotopic (exact) mass is 484 g/mol. The Bertz CT molecular complexity index is 1260. The Morgan fingerprint density at radius 1 is 1.06 bits per heavy atom. The van der Waals surface area contributed by atoms with Gasteiger partial charge in [0.2, 0.25) is 5.91 Å². The second-order valence-corrected chi connectivity index (χ2v) is 12.0. The van der Waals surface area contributed by atoms with Gasteiger partial charge in [-0.2, -0.15) is 0 Å². The molecule has 0 radical (unpaired) electrons. The van der Waals surface area contributed by atoms with Crippen LogP contribution in [0.3, 0.4) is 0 Å². The van der Waals surface area contributed by atoms with Gasteiger partial charge in [0, 0.05) is 37.9 Å². The fourth-order valence-corrected chi connectivity index (χ4v) is 7.35. The topological polar surface area (TPSA) is 75.5 Å². The largest absolute Gasteiger partial charge is 0.339 e. The Hall–Kier alpha value is -2.36. The normalized spacial score (nSPS) is 21.0. The Labute approximate surface area is 198 Å². The van der Waals surface area contributed by atoms with E-state index in [1.165, 1.54) is 17.3 Å². The van der Waals surface area contributed by atoms with Crippen LogP contribution in [0, 0.1) is 6.92 Å². The summed E-state index contributed by atoms with van der Waals surface area (Å²) < 4.78 is 25.7. The summed E-state index contributed by atoms with van der Waals surface area (Å²) in [7, 11) is -2.89. The van der Waals surface area contributed by atoms with E-state index in [1.54, 1.807) is 0 Å². The van der Waals surface area contributed by atoms with Crippen LogP contribution in [0.1, 0.15) is 12.0 Å². The molecule has 2 fully saturated rings. The van der Waals surface area contributed by atoms with Gasteiger partial charge in [-0.15, -0.1) is 0 Å². The van der Waals surface area contributed by atoms with Gasteiger partial charge >= 0.3 is 0 Å². The number of amides is 1. The standard InChI is InChI=1S/C24H28N4O3S2/c1-18-6-8-19(9-7-18)28-22-5-3-2-4-21(22)25-24(28)32-16-23(29)27-13-11-26(12-14-27)20-10-15-33(30,31)17-20/h2-9,20H,10-17H2,1H3. The number of thioether (sulfide) groups is 1. The molecule has 2 aliphatic rings. The highest BCUT2D eigenvalue weighted by atomic mass is 32.2. The van der Waals surface area contributed by atoms with Crippen molar-refractivity contribution >= 4 is 38.5 Å². The number of imidazole rings is 1. The molecule has 0 bridgehead atoms. The molecule has 0 spiro atoms. The number of fused-ring (bicyclic) bond motifs is 1. The lowest BCUT2D eigenvalue weighted by Gasteiger charge is -2.37. The molecule has 5 rings (SSSR count). The first-order valence-electron chi connectivity index (χ1n) is 11.3. The molecule has 2 aromatic carbocycles. The molecule has 9 heteroatoms. The number of nitrogens with zero attached hydrogens (tertiary/aromatic N) is 4. The number of carbonyl (C=O) groups excluding carboxylic acids is 1. The van der Waals surface area contributed by atoms with Gasteiger partial charge in [-0.3, -0.25) is 14.3 Å². The smallest absolute Gasteiger partial charge is 0.233 e.